The molecule has 2 aliphatic rings. The summed E-state index contributed by atoms with van der Waals surface area (Å²) in [7, 11) is 4.03. The predicted molar refractivity (Wildman–Crippen MR) is 156 cm³/mol. The number of carbonyl (C=O) groups is 1. The summed E-state index contributed by atoms with van der Waals surface area (Å²) in [5.74, 6) is -2.07. The molecule has 0 spiro atoms. The minimum absolute atomic E-state index is 0.109. The van der Waals surface area contributed by atoms with Crippen LogP contribution in [0.5, 0.6) is 0 Å². The van der Waals surface area contributed by atoms with Crippen LogP contribution in [0.15, 0.2) is 60.6 Å². The van der Waals surface area contributed by atoms with Gasteiger partial charge >= 0.3 is 0 Å². The fourth-order valence-electron chi connectivity index (χ4n) is 5.05. The number of amides is 1. The van der Waals surface area contributed by atoms with E-state index in [0.29, 0.717) is 30.9 Å². The Labute approximate surface area is 233 Å². The molecule has 10 heteroatoms. The number of carbonyl (C=O) groups excluding carboxylic acids is 1. The molecule has 1 aromatic carbocycles. The third kappa shape index (κ3) is 6.63. The first-order chi connectivity index (χ1) is 19.2. The number of likely N-dealkylation sites (N-methyl/N-ethyl adjacent to an activating group) is 1. The van der Waals surface area contributed by atoms with Gasteiger partial charge in [0.05, 0.1) is 18.4 Å². The number of nitrogens with zero attached hydrogens (tertiary/aromatic N) is 4. The van der Waals surface area contributed by atoms with Crippen LogP contribution >= 0.6 is 0 Å². The lowest BCUT2D eigenvalue weighted by molar-refractivity contribution is -0.111. The van der Waals surface area contributed by atoms with Crippen molar-refractivity contribution >= 4 is 28.7 Å². The average molecular weight is 548 g/mol. The smallest absolute Gasteiger partial charge is 0.261 e. The maximum absolute atomic E-state index is 13.7. The number of aromatic nitrogens is 2. The molecule has 0 saturated carbocycles. The lowest BCUT2D eigenvalue weighted by Gasteiger charge is -2.23. The Kier molecular flexibility index (Phi) is 8.09. The molecule has 0 bridgehead atoms. The van der Waals surface area contributed by atoms with E-state index in [1.54, 1.807) is 23.5 Å². The van der Waals surface area contributed by atoms with Gasteiger partial charge in [-0.05, 0) is 68.1 Å². The zero-order chi connectivity index (χ0) is 28.3. The minimum atomic E-state index is -2.63. The molecule has 3 N–H and O–H groups in total. The Balaban J connectivity index is 1.32. The van der Waals surface area contributed by atoms with Crippen molar-refractivity contribution < 1.29 is 13.6 Å². The number of hydrogen-bond donors (Lipinski definition) is 3. The Hall–Kier alpha value is -3.89. The molecular formula is C30H35F2N7O. The second-order valence-corrected chi connectivity index (χ2v) is 10.8. The predicted octanol–water partition coefficient (Wildman–Crippen LogP) is 4.80. The molecule has 0 unspecified atom stereocenters. The molecule has 2 aromatic heterocycles. The third-order valence-electron chi connectivity index (χ3n) is 7.16. The molecule has 4 heterocycles. The van der Waals surface area contributed by atoms with E-state index in [-0.39, 0.29) is 18.9 Å². The maximum Gasteiger partial charge on any atom is 0.261 e. The Morgan fingerprint density at radius 3 is 2.70 bits per heavy atom. The molecule has 40 heavy (non-hydrogen) atoms. The molecule has 5 rings (SSSR count). The van der Waals surface area contributed by atoms with E-state index < -0.39 is 5.92 Å². The number of rotatable bonds is 9. The van der Waals surface area contributed by atoms with Crippen LogP contribution in [0.3, 0.4) is 0 Å². The number of hydrogen-bond acceptors (Lipinski definition) is 7. The normalized spacial score (nSPS) is 16.6. The van der Waals surface area contributed by atoms with E-state index in [0.717, 1.165) is 52.4 Å². The van der Waals surface area contributed by atoms with Crippen molar-refractivity contribution in [2.45, 2.75) is 25.8 Å². The number of nitrogens with one attached hydrogen (secondary N) is 3. The molecule has 1 fully saturated rings. The summed E-state index contributed by atoms with van der Waals surface area (Å²) in [6.07, 6.45) is 5.02. The second-order valence-electron chi connectivity index (χ2n) is 10.8. The molecule has 1 amide bonds. The van der Waals surface area contributed by atoms with Gasteiger partial charge in [0, 0.05) is 73.9 Å². The maximum atomic E-state index is 13.7. The highest BCUT2D eigenvalue weighted by Gasteiger charge is 2.38. The summed E-state index contributed by atoms with van der Waals surface area (Å²) >= 11 is 0. The quantitative estimate of drug-likeness (QED) is 0.355. The summed E-state index contributed by atoms with van der Waals surface area (Å²) in [6.45, 7) is 4.75. The van der Waals surface area contributed by atoms with Crippen LogP contribution in [0, 0.1) is 0 Å². The van der Waals surface area contributed by atoms with Crippen LogP contribution in [0.25, 0.3) is 16.7 Å². The van der Waals surface area contributed by atoms with Crippen molar-refractivity contribution in [2.75, 3.05) is 62.8 Å². The van der Waals surface area contributed by atoms with Crippen LogP contribution in [0.4, 0.5) is 26.0 Å². The SMILES string of the molecule is CC1=C(C(=O)Nc2ccc(NCCN(C)C)nc2)c2cc(-c3cncc(CN4CCC(F)(F)C4)c3)ccc2NC1. The molecule has 1 saturated heterocycles. The van der Waals surface area contributed by atoms with Crippen molar-refractivity contribution in [2.24, 2.45) is 0 Å². The van der Waals surface area contributed by atoms with Gasteiger partial charge in [0.15, 0.2) is 0 Å². The number of anilines is 3. The van der Waals surface area contributed by atoms with Crippen LogP contribution < -0.4 is 16.0 Å². The van der Waals surface area contributed by atoms with Crippen molar-refractivity contribution in [3.05, 3.63) is 71.7 Å². The molecule has 3 aromatic rings. The van der Waals surface area contributed by atoms with E-state index in [2.05, 4.69) is 30.8 Å². The van der Waals surface area contributed by atoms with Gasteiger partial charge in [-0.1, -0.05) is 6.07 Å². The van der Waals surface area contributed by atoms with E-state index in [1.807, 2.05) is 57.4 Å². The molecule has 0 radical (unpaired) electrons. The Morgan fingerprint density at radius 1 is 1.12 bits per heavy atom. The fraction of sp³-hybridized carbons (Fsp3) is 0.367. The summed E-state index contributed by atoms with van der Waals surface area (Å²) < 4.78 is 27.3. The van der Waals surface area contributed by atoms with E-state index in [4.69, 9.17) is 0 Å². The van der Waals surface area contributed by atoms with Crippen LogP contribution in [-0.2, 0) is 11.3 Å². The largest absolute Gasteiger partial charge is 0.381 e. The van der Waals surface area contributed by atoms with E-state index >= 15 is 0 Å². The van der Waals surface area contributed by atoms with Crippen molar-refractivity contribution in [1.29, 1.82) is 0 Å². The van der Waals surface area contributed by atoms with Gasteiger partial charge in [0.25, 0.3) is 11.8 Å². The topological polar surface area (TPSA) is 85.4 Å². The lowest BCUT2D eigenvalue weighted by atomic mass is 9.91. The lowest BCUT2D eigenvalue weighted by Crippen LogP contribution is -2.24. The highest BCUT2D eigenvalue weighted by atomic mass is 19.3. The van der Waals surface area contributed by atoms with Gasteiger partial charge in [-0.15, -0.1) is 0 Å². The standard InChI is InChI=1S/C30H35F2N7O/c1-20-14-35-26-6-4-22(23-12-21(15-33-16-23)18-39-10-8-30(31,32)19-39)13-25(26)28(20)29(40)37-24-5-7-27(36-17-24)34-9-11-38(2)3/h4-7,12-13,15-17,35H,8-11,14,18-19H2,1-3H3,(H,34,36)(H,37,40). The van der Waals surface area contributed by atoms with Crippen molar-refractivity contribution in [3.8, 4) is 11.1 Å². The first-order valence-electron chi connectivity index (χ1n) is 13.5. The van der Waals surface area contributed by atoms with Gasteiger partial charge in [-0.25, -0.2) is 13.8 Å². The van der Waals surface area contributed by atoms with Gasteiger partial charge in [0.1, 0.15) is 5.82 Å². The zero-order valence-corrected chi connectivity index (χ0v) is 23.1. The number of halogens is 2. The Bertz CT molecular complexity index is 1410. The third-order valence-corrected chi connectivity index (χ3v) is 7.16. The van der Waals surface area contributed by atoms with E-state index in [1.165, 1.54) is 0 Å². The monoisotopic (exact) mass is 547 g/mol. The van der Waals surface area contributed by atoms with Crippen molar-refractivity contribution in [3.63, 3.8) is 0 Å². The number of pyridine rings is 2. The zero-order valence-electron chi connectivity index (χ0n) is 23.1. The van der Waals surface area contributed by atoms with Gasteiger partial charge in [-0.2, -0.15) is 0 Å². The molecule has 0 aliphatic carbocycles. The molecule has 210 valence electrons. The number of alkyl halides is 2. The summed E-state index contributed by atoms with van der Waals surface area (Å²) in [5.41, 5.74) is 6.49. The van der Waals surface area contributed by atoms with Gasteiger partial charge in [0.2, 0.25) is 0 Å². The fourth-order valence-corrected chi connectivity index (χ4v) is 5.05. The molecular weight excluding hydrogens is 512 g/mol. The summed E-state index contributed by atoms with van der Waals surface area (Å²) in [4.78, 5) is 26.1. The van der Waals surface area contributed by atoms with Gasteiger partial charge < -0.3 is 20.9 Å². The van der Waals surface area contributed by atoms with Crippen molar-refractivity contribution in [1.82, 2.24) is 19.8 Å². The second kappa shape index (κ2) is 11.7. The summed E-state index contributed by atoms with van der Waals surface area (Å²) in [6, 6.07) is 11.6. The van der Waals surface area contributed by atoms with Crippen LogP contribution in [0.2, 0.25) is 0 Å². The molecule has 2 aliphatic heterocycles. The number of likely N-dealkylation sites (tertiary alicyclic amines) is 1. The average Bonchev–Trinajstić information content (AvgIpc) is 3.26. The first-order valence-corrected chi connectivity index (χ1v) is 13.5. The minimum Gasteiger partial charge on any atom is -0.381 e. The van der Waals surface area contributed by atoms with Crippen LogP contribution in [0.1, 0.15) is 24.5 Å². The van der Waals surface area contributed by atoms with Gasteiger partial charge in [-0.3, -0.25) is 14.7 Å². The highest BCUT2D eigenvalue weighted by molar-refractivity contribution is 6.27. The first kappa shape index (κ1) is 27.7. The highest BCUT2D eigenvalue weighted by Crippen LogP contribution is 2.36. The number of fused-ring (bicyclic) bond motifs is 1. The summed E-state index contributed by atoms with van der Waals surface area (Å²) in [5, 5.41) is 9.65. The Morgan fingerprint density at radius 2 is 1.98 bits per heavy atom. The van der Waals surface area contributed by atoms with Crippen LogP contribution in [-0.4, -0.2) is 78.4 Å². The number of benzene rings is 1. The molecule has 0 atom stereocenters. The van der Waals surface area contributed by atoms with E-state index in [9.17, 15) is 13.6 Å². The molecule has 8 nitrogen and oxygen atoms in total.